The minimum absolute atomic E-state index is 0.119. The van der Waals surface area contributed by atoms with Gasteiger partial charge in [-0.1, -0.05) is 18.6 Å². The van der Waals surface area contributed by atoms with Crippen LogP contribution in [-0.2, 0) is 17.8 Å². The summed E-state index contributed by atoms with van der Waals surface area (Å²) in [7, 11) is 0. The van der Waals surface area contributed by atoms with Crippen LogP contribution in [0.15, 0.2) is 17.0 Å². The number of carbonyl (C=O) groups excluding carboxylic acids is 1. The molecule has 1 aromatic rings. The van der Waals surface area contributed by atoms with Gasteiger partial charge < -0.3 is 5.32 Å². The Morgan fingerprint density at radius 3 is 3.17 bits per heavy atom. The molecule has 0 unspecified atom stereocenters. The summed E-state index contributed by atoms with van der Waals surface area (Å²) >= 11 is 1.68. The van der Waals surface area contributed by atoms with Crippen molar-refractivity contribution in [3.63, 3.8) is 0 Å². The summed E-state index contributed by atoms with van der Waals surface area (Å²) < 4.78 is 0. The van der Waals surface area contributed by atoms with Crippen LogP contribution >= 0.6 is 11.3 Å². The number of aromatic nitrogens is 1. The smallest absolute Gasteiger partial charge is 0.224 e. The number of aryl methyl sites for hydroxylation is 1. The average molecular weight is 264 g/mol. The van der Waals surface area contributed by atoms with Crippen LogP contribution in [0.2, 0.25) is 0 Å². The standard InChI is InChI=1S/C14H20N2OS/c1-2-5-14-16-12(10-18-14)9-15-13(17)8-11-6-3-4-7-11/h6,10H,2-5,7-9H2,1H3,(H,15,17). The Bertz CT molecular complexity index is 437. The molecule has 0 atom stereocenters. The molecular formula is C14H20N2OS. The number of thiazole rings is 1. The van der Waals surface area contributed by atoms with Crippen LogP contribution in [0.4, 0.5) is 0 Å². The Kier molecular flexibility index (Phi) is 4.93. The monoisotopic (exact) mass is 264 g/mol. The number of nitrogens with one attached hydrogen (secondary N) is 1. The third-order valence-electron chi connectivity index (χ3n) is 3.05. The molecule has 1 aliphatic rings. The van der Waals surface area contributed by atoms with Crippen LogP contribution in [0, 0.1) is 0 Å². The first-order valence-corrected chi connectivity index (χ1v) is 7.53. The fourth-order valence-corrected chi connectivity index (χ4v) is 3.01. The van der Waals surface area contributed by atoms with Crippen molar-refractivity contribution < 1.29 is 4.79 Å². The Morgan fingerprint density at radius 1 is 1.56 bits per heavy atom. The Morgan fingerprint density at radius 2 is 2.44 bits per heavy atom. The number of nitrogens with zero attached hydrogens (tertiary/aromatic N) is 1. The van der Waals surface area contributed by atoms with Crippen LogP contribution in [0.25, 0.3) is 0 Å². The summed E-state index contributed by atoms with van der Waals surface area (Å²) in [6.07, 6.45) is 8.33. The summed E-state index contributed by atoms with van der Waals surface area (Å²) in [5.74, 6) is 0.119. The van der Waals surface area contributed by atoms with Gasteiger partial charge in [0.15, 0.2) is 0 Å². The van der Waals surface area contributed by atoms with Crippen LogP contribution < -0.4 is 5.32 Å². The molecule has 0 fully saturated rings. The normalized spacial score (nSPS) is 14.6. The van der Waals surface area contributed by atoms with Crippen LogP contribution in [0.3, 0.4) is 0 Å². The highest BCUT2D eigenvalue weighted by atomic mass is 32.1. The van der Waals surface area contributed by atoms with Crippen molar-refractivity contribution in [1.29, 1.82) is 0 Å². The second-order valence-electron chi connectivity index (χ2n) is 4.69. The third kappa shape index (κ3) is 3.95. The molecule has 1 aliphatic carbocycles. The van der Waals surface area contributed by atoms with Gasteiger partial charge in [0.25, 0.3) is 0 Å². The Balaban J connectivity index is 1.74. The highest BCUT2D eigenvalue weighted by Gasteiger charge is 2.10. The van der Waals surface area contributed by atoms with Crippen molar-refractivity contribution in [3.8, 4) is 0 Å². The van der Waals surface area contributed by atoms with Crippen LogP contribution in [-0.4, -0.2) is 10.9 Å². The average Bonchev–Trinajstić information content (AvgIpc) is 2.99. The molecule has 0 saturated heterocycles. The second kappa shape index (κ2) is 6.69. The first kappa shape index (κ1) is 13.3. The maximum Gasteiger partial charge on any atom is 0.224 e. The van der Waals surface area contributed by atoms with Crippen molar-refractivity contribution in [1.82, 2.24) is 10.3 Å². The molecule has 3 nitrogen and oxygen atoms in total. The summed E-state index contributed by atoms with van der Waals surface area (Å²) in [4.78, 5) is 16.2. The maximum absolute atomic E-state index is 11.7. The van der Waals surface area contributed by atoms with E-state index in [2.05, 4.69) is 23.3 Å². The molecule has 0 aliphatic heterocycles. The van der Waals surface area contributed by atoms with Gasteiger partial charge >= 0.3 is 0 Å². The molecule has 1 N–H and O–H groups in total. The van der Waals surface area contributed by atoms with E-state index in [1.165, 1.54) is 17.0 Å². The molecule has 0 saturated carbocycles. The number of hydrogen-bond donors (Lipinski definition) is 1. The number of hydrogen-bond acceptors (Lipinski definition) is 3. The first-order valence-electron chi connectivity index (χ1n) is 6.66. The van der Waals surface area contributed by atoms with Gasteiger partial charge in [-0.15, -0.1) is 11.3 Å². The molecule has 0 spiro atoms. The lowest BCUT2D eigenvalue weighted by atomic mass is 10.1. The molecule has 1 aromatic heterocycles. The number of rotatable bonds is 6. The summed E-state index contributed by atoms with van der Waals surface area (Å²) in [5, 5.41) is 6.15. The van der Waals surface area contributed by atoms with E-state index in [1.54, 1.807) is 11.3 Å². The van der Waals surface area contributed by atoms with E-state index >= 15 is 0 Å². The van der Waals surface area contributed by atoms with E-state index in [0.29, 0.717) is 13.0 Å². The lowest BCUT2D eigenvalue weighted by molar-refractivity contribution is -0.120. The summed E-state index contributed by atoms with van der Waals surface area (Å²) in [6.45, 7) is 2.71. The van der Waals surface area contributed by atoms with Crippen molar-refractivity contribution in [2.24, 2.45) is 0 Å². The van der Waals surface area contributed by atoms with Crippen molar-refractivity contribution in [3.05, 3.63) is 27.7 Å². The van der Waals surface area contributed by atoms with Crippen molar-refractivity contribution in [2.75, 3.05) is 0 Å². The predicted molar refractivity (Wildman–Crippen MR) is 74.5 cm³/mol. The molecule has 0 radical (unpaired) electrons. The Labute approximate surface area is 112 Å². The van der Waals surface area contributed by atoms with E-state index in [-0.39, 0.29) is 5.91 Å². The third-order valence-corrected chi connectivity index (χ3v) is 4.01. The van der Waals surface area contributed by atoms with Crippen LogP contribution in [0.5, 0.6) is 0 Å². The molecule has 1 amide bonds. The van der Waals surface area contributed by atoms with Gasteiger partial charge in [-0.2, -0.15) is 0 Å². The van der Waals surface area contributed by atoms with Crippen molar-refractivity contribution >= 4 is 17.2 Å². The largest absolute Gasteiger partial charge is 0.350 e. The molecular weight excluding hydrogens is 244 g/mol. The first-order chi connectivity index (χ1) is 8.78. The Hall–Kier alpha value is -1.16. The van der Waals surface area contributed by atoms with Gasteiger partial charge in [0.2, 0.25) is 5.91 Å². The topological polar surface area (TPSA) is 42.0 Å². The van der Waals surface area contributed by atoms with E-state index < -0.39 is 0 Å². The van der Waals surface area contributed by atoms with Crippen LogP contribution in [0.1, 0.15) is 49.7 Å². The maximum atomic E-state index is 11.7. The number of carbonyl (C=O) groups is 1. The minimum Gasteiger partial charge on any atom is -0.350 e. The lowest BCUT2D eigenvalue weighted by Crippen LogP contribution is -2.22. The predicted octanol–water partition coefficient (Wildman–Crippen LogP) is 3.21. The van der Waals surface area contributed by atoms with Gasteiger partial charge in [-0.3, -0.25) is 4.79 Å². The number of allylic oxidation sites excluding steroid dienone is 1. The van der Waals surface area contributed by atoms with Gasteiger partial charge in [0.05, 0.1) is 17.2 Å². The van der Waals surface area contributed by atoms with Gasteiger partial charge in [0, 0.05) is 11.8 Å². The van der Waals surface area contributed by atoms with E-state index in [0.717, 1.165) is 31.4 Å². The molecule has 98 valence electrons. The number of amides is 1. The summed E-state index contributed by atoms with van der Waals surface area (Å²) in [5.41, 5.74) is 2.27. The quantitative estimate of drug-likeness (QED) is 0.802. The zero-order valence-electron chi connectivity index (χ0n) is 10.9. The molecule has 2 rings (SSSR count). The summed E-state index contributed by atoms with van der Waals surface area (Å²) in [6, 6.07) is 0. The van der Waals surface area contributed by atoms with Crippen molar-refractivity contribution in [2.45, 2.75) is 52.0 Å². The lowest BCUT2D eigenvalue weighted by Gasteiger charge is -2.03. The zero-order valence-corrected chi connectivity index (χ0v) is 11.7. The fraction of sp³-hybridized carbons (Fsp3) is 0.571. The van der Waals surface area contributed by atoms with Gasteiger partial charge in [-0.25, -0.2) is 4.98 Å². The SMILES string of the molecule is CCCc1nc(CNC(=O)CC2=CCCC2)cs1. The van der Waals surface area contributed by atoms with E-state index in [9.17, 15) is 4.79 Å². The van der Waals surface area contributed by atoms with E-state index in [4.69, 9.17) is 0 Å². The molecule has 1 heterocycles. The molecule has 0 bridgehead atoms. The molecule has 0 aromatic carbocycles. The zero-order chi connectivity index (χ0) is 12.8. The van der Waals surface area contributed by atoms with Gasteiger partial charge in [-0.05, 0) is 32.1 Å². The molecule has 4 heteroatoms. The highest BCUT2D eigenvalue weighted by Crippen LogP contribution is 2.20. The minimum atomic E-state index is 0.119. The van der Waals surface area contributed by atoms with E-state index in [1.807, 2.05) is 5.38 Å². The molecule has 18 heavy (non-hydrogen) atoms. The second-order valence-corrected chi connectivity index (χ2v) is 5.63. The van der Waals surface area contributed by atoms with Gasteiger partial charge in [0.1, 0.15) is 0 Å². The fourth-order valence-electron chi connectivity index (χ4n) is 2.11. The highest BCUT2D eigenvalue weighted by molar-refractivity contribution is 7.09.